The number of ether oxygens (including phenoxy) is 2. The zero-order valence-electron chi connectivity index (χ0n) is 10.5. The third-order valence-electron chi connectivity index (χ3n) is 3.07. The summed E-state index contributed by atoms with van der Waals surface area (Å²) in [5.74, 6) is 0.335. The molecule has 1 saturated heterocycles. The van der Waals surface area contributed by atoms with Gasteiger partial charge in [0, 0.05) is 0 Å². The van der Waals surface area contributed by atoms with Crippen molar-refractivity contribution in [2.75, 3.05) is 6.61 Å². The minimum absolute atomic E-state index is 0.335. The van der Waals surface area contributed by atoms with Crippen LogP contribution in [0.1, 0.15) is 0 Å². The Morgan fingerprint density at radius 1 is 1.10 bits per heavy atom. The average Bonchev–Trinajstić information content (AvgIpc) is 2.48. The number of nitrogens with zero attached hydrogens (tertiary/aromatic N) is 1. The lowest BCUT2D eigenvalue weighted by Gasteiger charge is -2.39. The number of hydrogen-bond acceptors (Lipinski definition) is 8. The van der Waals surface area contributed by atoms with E-state index in [9.17, 15) is 15.3 Å². The van der Waals surface area contributed by atoms with Gasteiger partial charge in [0.1, 0.15) is 30.2 Å². The second kappa shape index (κ2) is 6.25. The third-order valence-corrected chi connectivity index (χ3v) is 3.07. The van der Waals surface area contributed by atoms with Crippen molar-refractivity contribution >= 4 is 5.69 Å². The van der Waals surface area contributed by atoms with Crippen LogP contribution in [0, 0.1) is 5.53 Å². The van der Waals surface area contributed by atoms with Crippen LogP contribution in [0.15, 0.2) is 29.4 Å². The number of nitrogens with one attached hydrogen (secondary N) is 1. The minimum Gasteiger partial charge on any atom is -0.462 e. The number of benzene rings is 1. The highest BCUT2D eigenvalue weighted by Gasteiger charge is 2.44. The Hall–Kier alpha value is -1.58. The summed E-state index contributed by atoms with van der Waals surface area (Å²) in [6.07, 6.45) is -6.58. The molecule has 1 fully saturated rings. The van der Waals surface area contributed by atoms with Gasteiger partial charge in [0.2, 0.25) is 6.29 Å². The van der Waals surface area contributed by atoms with Crippen LogP contribution >= 0.6 is 0 Å². The molecule has 1 aliphatic heterocycles. The van der Waals surface area contributed by atoms with E-state index in [1.54, 1.807) is 0 Å². The molecular formula is C12H16N2O6. The predicted molar refractivity (Wildman–Crippen MR) is 65.6 cm³/mol. The first-order valence-electron chi connectivity index (χ1n) is 6.01. The molecular weight excluding hydrogens is 268 g/mol. The van der Waals surface area contributed by atoms with E-state index in [1.165, 1.54) is 24.3 Å². The third kappa shape index (κ3) is 2.94. The Morgan fingerprint density at radius 2 is 1.75 bits per heavy atom. The largest absolute Gasteiger partial charge is 0.462 e. The summed E-state index contributed by atoms with van der Waals surface area (Å²) in [5.41, 5.74) is 7.27. The fourth-order valence-electron chi connectivity index (χ4n) is 1.90. The van der Waals surface area contributed by atoms with E-state index in [1.807, 2.05) is 0 Å². The fraction of sp³-hybridized carbons (Fsp3) is 0.500. The maximum atomic E-state index is 9.79. The van der Waals surface area contributed by atoms with Crippen LogP contribution in [0.2, 0.25) is 0 Å². The molecule has 0 radical (unpaired) electrons. The number of aliphatic hydroxyl groups excluding tert-OH is 4. The molecule has 110 valence electrons. The Balaban J connectivity index is 2.08. The van der Waals surface area contributed by atoms with Crippen LogP contribution in [0.25, 0.3) is 0 Å². The summed E-state index contributed by atoms with van der Waals surface area (Å²) in [7, 11) is 0. The first-order chi connectivity index (χ1) is 9.56. The molecule has 2 rings (SSSR count). The highest BCUT2D eigenvalue weighted by molar-refractivity contribution is 5.40. The summed E-state index contributed by atoms with van der Waals surface area (Å²) in [4.78, 5) is 0. The molecule has 0 amide bonds. The van der Waals surface area contributed by atoms with Gasteiger partial charge in [0.05, 0.1) is 12.3 Å². The first kappa shape index (κ1) is 14.8. The number of hydrogen-bond donors (Lipinski definition) is 5. The van der Waals surface area contributed by atoms with Crippen molar-refractivity contribution < 1.29 is 29.9 Å². The Labute approximate surface area is 114 Å². The van der Waals surface area contributed by atoms with Gasteiger partial charge in [-0.25, -0.2) is 5.53 Å². The lowest BCUT2D eigenvalue weighted by molar-refractivity contribution is -0.277. The predicted octanol–water partition coefficient (Wildman–Crippen LogP) is -0.472. The molecule has 0 spiro atoms. The molecule has 8 heteroatoms. The molecule has 8 nitrogen and oxygen atoms in total. The lowest BCUT2D eigenvalue weighted by atomic mass is 9.99. The SMILES string of the molecule is N=Nc1ccc(O[C@H]2O[C@H](CO)[C@@H](O)[C@H](O)[C@H]2O)cc1. The normalized spacial score (nSPS) is 33.7. The van der Waals surface area contributed by atoms with Crippen LogP contribution < -0.4 is 4.74 Å². The number of aliphatic hydroxyl groups is 4. The summed E-state index contributed by atoms with van der Waals surface area (Å²) in [5, 5.41) is 41.3. The molecule has 0 aromatic heterocycles. The monoisotopic (exact) mass is 284 g/mol. The molecule has 1 aromatic rings. The van der Waals surface area contributed by atoms with Gasteiger partial charge in [-0.2, -0.15) is 5.11 Å². The zero-order valence-corrected chi connectivity index (χ0v) is 10.5. The molecule has 0 aliphatic carbocycles. The Kier molecular flexibility index (Phi) is 4.63. The van der Waals surface area contributed by atoms with Gasteiger partial charge < -0.3 is 29.9 Å². The van der Waals surface area contributed by atoms with Crippen LogP contribution in [-0.4, -0.2) is 57.7 Å². The van der Waals surface area contributed by atoms with Gasteiger partial charge in [-0.05, 0) is 24.3 Å². The van der Waals surface area contributed by atoms with Crippen LogP contribution in [0.5, 0.6) is 5.75 Å². The van der Waals surface area contributed by atoms with Crippen LogP contribution in [0.3, 0.4) is 0 Å². The van der Waals surface area contributed by atoms with E-state index < -0.39 is 37.3 Å². The molecule has 0 bridgehead atoms. The highest BCUT2D eigenvalue weighted by Crippen LogP contribution is 2.25. The molecule has 5 N–H and O–H groups in total. The standard InChI is InChI=1S/C12H16N2O6/c13-14-6-1-3-7(4-2-6)19-12-11(18)10(17)9(16)8(5-15)20-12/h1-4,8-13,15-18H,5H2/t8-,9-,10+,11-,12+/m1/s1. The Morgan fingerprint density at radius 3 is 2.30 bits per heavy atom. The molecule has 0 saturated carbocycles. The topological polar surface area (TPSA) is 136 Å². The van der Waals surface area contributed by atoms with Crippen molar-refractivity contribution in [2.45, 2.75) is 30.7 Å². The molecule has 0 unspecified atom stereocenters. The second-order valence-electron chi connectivity index (χ2n) is 4.42. The smallest absolute Gasteiger partial charge is 0.229 e. The van der Waals surface area contributed by atoms with Gasteiger partial charge in [-0.3, -0.25) is 0 Å². The van der Waals surface area contributed by atoms with Gasteiger partial charge in [0.25, 0.3) is 0 Å². The van der Waals surface area contributed by atoms with E-state index in [-0.39, 0.29) is 0 Å². The maximum Gasteiger partial charge on any atom is 0.229 e. The van der Waals surface area contributed by atoms with Crippen molar-refractivity contribution in [3.63, 3.8) is 0 Å². The van der Waals surface area contributed by atoms with Gasteiger partial charge >= 0.3 is 0 Å². The fourth-order valence-corrected chi connectivity index (χ4v) is 1.90. The van der Waals surface area contributed by atoms with E-state index >= 15 is 0 Å². The van der Waals surface area contributed by atoms with Crippen molar-refractivity contribution in [3.8, 4) is 5.75 Å². The summed E-state index contributed by atoms with van der Waals surface area (Å²) in [6, 6.07) is 6.11. The van der Waals surface area contributed by atoms with Crippen molar-refractivity contribution in [1.82, 2.24) is 0 Å². The van der Waals surface area contributed by atoms with Crippen molar-refractivity contribution in [1.29, 1.82) is 5.53 Å². The average molecular weight is 284 g/mol. The van der Waals surface area contributed by atoms with E-state index in [0.717, 1.165) is 0 Å². The second-order valence-corrected chi connectivity index (χ2v) is 4.42. The summed E-state index contributed by atoms with van der Waals surface area (Å²) in [6.45, 7) is -0.512. The minimum atomic E-state index is -1.48. The Bertz CT molecular complexity index is 452. The van der Waals surface area contributed by atoms with E-state index in [4.69, 9.17) is 20.1 Å². The molecule has 1 aromatic carbocycles. The summed E-state index contributed by atoms with van der Waals surface area (Å²) < 4.78 is 10.6. The van der Waals surface area contributed by atoms with Gasteiger partial charge in [-0.15, -0.1) is 0 Å². The van der Waals surface area contributed by atoms with Crippen LogP contribution in [-0.2, 0) is 4.74 Å². The van der Waals surface area contributed by atoms with Gasteiger partial charge in [0.15, 0.2) is 0 Å². The quantitative estimate of drug-likeness (QED) is 0.474. The zero-order chi connectivity index (χ0) is 14.7. The number of rotatable bonds is 4. The van der Waals surface area contributed by atoms with E-state index in [2.05, 4.69) is 5.11 Å². The molecule has 1 heterocycles. The van der Waals surface area contributed by atoms with E-state index in [0.29, 0.717) is 11.4 Å². The highest BCUT2D eigenvalue weighted by atomic mass is 16.7. The molecule has 5 atom stereocenters. The maximum absolute atomic E-state index is 9.79. The van der Waals surface area contributed by atoms with Crippen LogP contribution in [0.4, 0.5) is 5.69 Å². The van der Waals surface area contributed by atoms with Crippen molar-refractivity contribution in [3.05, 3.63) is 24.3 Å². The summed E-state index contributed by atoms with van der Waals surface area (Å²) >= 11 is 0. The van der Waals surface area contributed by atoms with Gasteiger partial charge in [-0.1, -0.05) is 0 Å². The van der Waals surface area contributed by atoms with Crippen molar-refractivity contribution in [2.24, 2.45) is 5.11 Å². The molecule has 1 aliphatic rings. The molecule has 20 heavy (non-hydrogen) atoms. The lowest BCUT2D eigenvalue weighted by Crippen LogP contribution is -2.60. The first-order valence-corrected chi connectivity index (χ1v) is 6.01.